The molecule has 0 saturated heterocycles. The number of amides is 1. The number of aryl methyl sites for hydroxylation is 2. The number of aromatic nitrogens is 2. The molecule has 0 unspecified atom stereocenters. The second kappa shape index (κ2) is 6.03. The minimum atomic E-state index is -0.0660. The Morgan fingerprint density at radius 2 is 2.00 bits per heavy atom. The average molecular weight is 294 g/mol. The van der Waals surface area contributed by atoms with Gasteiger partial charge in [0, 0.05) is 5.69 Å². The van der Waals surface area contributed by atoms with E-state index in [4.69, 9.17) is 5.73 Å². The van der Waals surface area contributed by atoms with E-state index in [-0.39, 0.29) is 5.91 Å². The van der Waals surface area contributed by atoms with Crippen molar-refractivity contribution in [2.24, 2.45) is 0 Å². The molecule has 7 heteroatoms. The Morgan fingerprint density at radius 1 is 1.32 bits per heavy atom. The maximum Gasteiger partial charge on any atom is 0.234 e. The SMILES string of the molecule is Cc1cc(C)cc(NC(=O)CSc2nnc(N)s2)c1. The van der Waals surface area contributed by atoms with Gasteiger partial charge in [-0.25, -0.2) is 0 Å². The third-order valence-corrected chi connectivity index (χ3v) is 4.14. The highest BCUT2D eigenvalue weighted by Gasteiger charge is 2.07. The minimum absolute atomic E-state index is 0.0660. The molecule has 1 aromatic carbocycles. The molecule has 0 spiro atoms. The Morgan fingerprint density at radius 3 is 2.58 bits per heavy atom. The number of hydrogen-bond donors (Lipinski definition) is 2. The van der Waals surface area contributed by atoms with Gasteiger partial charge in [0.1, 0.15) is 0 Å². The van der Waals surface area contributed by atoms with Gasteiger partial charge in [-0.05, 0) is 37.1 Å². The molecule has 1 heterocycles. The molecule has 2 aromatic rings. The predicted molar refractivity (Wildman–Crippen MR) is 79.6 cm³/mol. The monoisotopic (exact) mass is 294 g/mol. The van der Waals surface area contributed by atoms with Crippen molar-refractivity contribution in [2.75, 3.05) is 16.8 Å². The van der Waals surface area contributed by atoms with Gasteiger partial charge in [0.05, 0.1) is 5.75 Å². The molecule has 0 aliphatic rings. The molecule has 100 valence electrons. The summed E-state index contributed by atoms with van der Waals surface area (Å²) < 4.78 is 0.702. The van der Waals surface area contributed by atoms with Crippen LogP contribution in [0.1, 0.15) is 11.1 Å². The van der Waals surface area contributed by atoms with Crippen molar-refractivity contribution < 1.29 is 4.79 Å². The number of nitrogen functional groups attached to an aromatic ring is 1. The van der Waals surface area contributed by atoms with Gasteiger partial charge in [0.25, 0.3) is 0 Å². The summed E-state index contributed by atoms with van der Waals surface area (Å²) in [6, 6.07) is 5.95. The van der Waals surface area contributed by atoms with Crippen molar-refractivity contribution in [1.29, 1.82) is 0 Å². The van der Waals surface area contributed by atoms with E-state index in [1.165, 1.54) is 23.1 Å². The van der Waals surface area contributed by atoms with Crippen molar-refractivity contribution in [1.82, 2.24) is 10.2 Å². The van der Waals surface area contributed by atoms with Gasteiger partial charge in [0.15, 0.2) is 4.34 Å². The number of carbonyl (C=O) groups is 1. The van der Waals surface area contributed by atoms with E-state index in [0.717, 1.165) is 16.8 Å². The van der Waals surface area contributed by atoms with Crippen LogP contribution in [0.2, 0.25) is 0 Å². The minimum Gasteiger partial charge on any atom is -0.374 e. The molecule has 1 amide bonds. The number of rotatable bonds is 4. The summed E-state index contributed by atoms with van der Waals surface area (Å²) in [6.07, 6.45) is 0. The lowest BCUT2D eigenvalue weighted by Crippen LogP contribution is -2.14. The summed E-state index contributed by atoms with van der Waals surface area (Å²) in [5.41, 5.74) is 8.54. The lowest BCUT2D eigenvalue weighted by atomic mass is 10.1. The first-order valence-electron chi connectivity index (χ1n) is 5.63. The Bertz CT molecular complexity index is 577. The molecule has 0 atom stereocenters. The highest BCUT2D eigenvalue weighted by molar-refractivity contribution is 8.01. The number of benzene rings is 1. The topological polar surface area (TPSA) is 80.9 Å². The molecule has 5 nitrogen and oxygen atoms in total. The third kappa shape index (κ3) is 4.22. The largest absolute Gasteiger partial charge is 0.374 e. The summed E-state index contributed by atoms with van der Waals surface area (Å²) in [5.74, 6) is 0.227. The fourth-order valence-corrected chi connectivity index (χ4v) is 3.09. The van der Waals surface area contributed by atoms with Gasteiger partial charge in [-0.2, -0.15) is 0 Å². The summed E-state index contributed by atoms with van der Waals surface area (Å²) in [4.78, 5) is 11.8. The van der Waals surface area contributed by atoms with Gasteiger partial charge < -0.3 is 11.1 Å². The first-order chi connectivity index (χ1) is 9.02. The highest BCUT2D eigenvalue weighted by Crippen LogP contribution is 2.23. The van der Waals surface area contributed by atoms with Gasteiger partial charge in [-0.15, -0.1) is 10.2 Å². The second-order valence-corrected chi connectivity index (χ2v) is 6.35. The maximum atomic E-state index is 11.8. The Kier molecular flexibility index (Phi) is 4.39. The number of carbonyl (C=O) groups excluding carboxylic acids is 1. The van der Waals surface area contributed by atoms with Crippen molar-refractivity contribution in [3.63, 3.8) is 0 Å². The van der Waals surface area contributed by atoms with Crippen molar-refractivity contribution in [2.45, 2.75) is 18.2 Å². The Hall–Kier alpha value is -1.60. The fraction of sp³-hybridized carbons (Fsp3) is 0.250. The maximum absolute atomic E-state index is 11.8. The molecule has 0 saturated carbocycles. The van der Waals surface area contributed by atoms with E-state index in [1.807, 2.05) is 26.0 Å². The zero-order chi connectivity index (χ0) is 13.8. The number of nitrogens with zero attached hydrogens (tertiary/aromatic N) is 2. The molecule has 2 rings (SSSR count). The molecule has 0 aliphatic carbocycles. The molecule has 19 heavy (non-hydrogen) atoms. The van der Waals surface area contributed by atoms with Crippen LogP contribution in [-0.2, 0) is 4.79 Å². The summed E-state index contributed by atoms with van der Waals surface area (Å²) in [6.45, 7) is 4.00. The Labute approximate surface area is 119 Å². The van der Waals surface area contributed by atoms with Gasteiger partial charge in [0.2, 0.25) is 11.0 Å². The molecule has 1 aromatic heterocycles. The molecule has 3 N–H and O–H groups in total. The number of nitrogens with one attached hydrogen (secondary N) is 1. The van der Waals surface area contributed by atoms with Gasteiger partial charge >= 0.3 is 0 Å². The molecule has 0 bridgehead atoms. The number of hydrogen-bond acceptors (Lipinski definition) is 6. The molecule has 0 fully saturated rings. The average Bonchev–Trinajstić information content (AvgIpc) is 2.71. The number of anilines is 2. The van der Waals surface area contributed by atoms with Crippen molar-refractivity contribution in [3.05, 3.63) is 29.3 Å². The van der Waals surface area contributed by atoms with Gasteiger partial charge in [-0.1, -0.05) is 29.2 Å². The third-order valence-electron chi connectivity index (χ3n) is 2.25. The first kappa shape index (κ1) is 13.8. The van der Waals surface area contributed by atoms with Gasteiger partial charge in [-0.3, -0.25) is 4.79 Å². The van der Waals surface area contributed by atoms with Crippen LogP contribution >= 0.6 is 23.1 Å². The molecule has 0 aliphatic heterocycles. The lowest BCUT2D eigenvalue weighted by molar-refractivity contribution is -0.113. The molecular weight excluding hydrogens is 280 g/mol. The standard InChI is InChI=1S/C12H14N4OS2/c1-7-3-8(2)5-9(4-7)14-10(17)6-18-12-16-15-11(13)19-12/h3-5H,6H2,1-2H3,(H2,13,15)(H,14,17). The zero-order valence-electron chi connectivity index (χ0n) is 10.6. The summed E-state index contributed by atoms with van der Waals surface area (Å²) in [7, 11) is 0. The van der Waals surface area contributed by atoms with E-state index in [1.54, 1.807) is 0 Å². The summed E-state index contributed by atoms with van der Waals surface area (Å²) in [5, 5.41) is 10.8. The van der Waals surface area contributed by atoms with E-state index in [0.29, 0.717) is 15.2 Å². The lowest BCUT2D eigenvalue weighted by Gasteiger charge is -2.06. The van der Waals surface area contributed by atoms with E-state index in [9.17, 15) is 4.79 Å². The fourth-order valence-electron chi connectivity index (χ4n) is 1.65. The van der Waals surface area contributed by atoms with Crippen LogP contribution in [0.25, 0.3) is 0 Å². The van der Waals surface area contributed by atoms with Crippen LogP contribution in [0, 0.1) is 13.8 Å². The van der Waals surface area contributed by atoms with Crippen LogP contribution in [-0.4, -0.2) is 21.9 Å². The first-order valence-corrected chi connectivity index (χ1v) is 7.43. The van der Waals surface area contributed by atoms with Crippen molar-refractivity contribution in [3.8, 4) is 0 Å². The molecule has 0 radical (unpaired) electrons. The van der Waals surface area contributed by atoms with Crippen molar-refractivity contribution >= 4 is 39.8 Å². The predicted octanol–water partition coefficient (Wildman–Crippen LogP) is 2.47. The molecular formula is C12H14N4OS2. The number of nitrogens with two attached hydrogens (primary N) is 1. The smallest absolute Gasteiger partial charge is 0.234 e. The van der Waals surface area contributed by atoms with Crippen LogP contribution < -0.4 is 11.1 Å². The van der Waals surface area contributed by atoms with Crippen LogP contribution in [0.4, 0.5) is 10.8 Å². The van der Waals surface area contributed by atoms with E-state index in [2.05, 4.69) is 21.6 Å². The van der Waals surface area contributed by atoms with Crippen LogP contribution in [0.15, 0.2) is 22.5 Å². The van der Waals surface area contributed by atoms with E-state index < -0.39 is 0 Å². The number of thioether (sulfide) groups is 1. The second-order valence-electron chi connectivity index (χ2n) is 4.12. The Balaban J connectivity index is 1.90. The normalized spacial score (nSPS) is 10.4. The highest BCUT2D eigenvalue weighted by atomic mass is 32.2. The zero-order valence-corrected chi connectivity index (χ0v) is 12.3. The van der Waals surface area contributed by atoms with Crippen LogP contribution in [0.5, 0.6) is 0 Å². The van der Waals surface area contributed by atoms with E-state index >= 15 is 0 Å². The van der Waals surface area contributed by atoms with Crippen LogP contribution in [0.3, 0.4) is 0 Å². The summed E-state index contributed by atoms with van der Waals surface area (Å²) >= 11 is 2.61. The quantitative estimate of drug-likeness (QED) is 0.847.